The Morgan fingerprint density at radius 3 is 0.596 bits per heavy atom. The highest BCUT2D eigenvalue weighted by Gasteiger charge is 2.30. The average molecular weight is 1450 g/mol. The molecule has 0 spiro atoms. The molecule has 17 nitrogen and oxygen atoms in total. The third-order valence-corrected chi connectivity index (χ3v) is 20.8. The zero-order chi connectivity index (χ0) is 72.5. The summed E-state index contributed by atoms with van der Waals surface area (Å²) in [6.45, 7) is 5.02. The third-order valence-electron chi connectivity index (χ3n) is 18.9. The summed E-state index contributed by atoms with van der Waals surface area (Å²) in [5.41, 5.74) is 0. The molecule has 0 amide bonds. The van der Waals surface area contributed by atoms with Crippen molar-refractivity contribution in [3.8, 4) is 0 Å². The minimum Gasteiger partial charge on any atom is -0.462 e. The number of phosphoric acid groups is 2. The van der Waals surface area contributed by atoms with Crippen LogP contribution in [0.5, 0.6) is 0 Å². The molecule has 0 saturated carbocycles. The second-order valence-corrected chi connectivity index (χ2v) is 31.7. The molecule has 0 rings (SSSR count). The monoisotopic (exact) mass is 1450 g/mol. The van der Waals surface area contributed by atoms with Crippen LogP contribution < -0.4 is 0 Å². The minimum absolute atomic E-state index is 0.109. The van der Waals surface area contributed by atoms with Gasteiger partial charge in [-0.15, -0.1) is 0 Å². The highest BCUT2D eigenvalue weighted by atomic mass is 31.2. The van der Waals surface area contributed by atoms with E-state index in [4.69, 9.17) is 37.0 Å². The van der Waals surface area contributed by atoms with Gasteiger partial charge >= 0.3 is 39.5 Å². The summed E-state index contributed by atoms with van der Waals surface area (Å²) in [5, 5.41) is 10.6. The van der Waals surface area contributed by atoms with E-state index in [0.29, 0.717) is 25.7 Å². The van der Waals surface area contributed by atoms with E-state index in [9.17, 15) is 43.2 Å². The fourth-order valence-corrected chi connectivity index (χ4v) is 14.0. The standard InChI is InChI=1S/C80H156O17P2/c1-5-9-13-17-21-25-29-32-35-36-37-38-41-44-47-51-55-59-63-67-80(85)97-76(71-91-78(83)65-61-57-53-49-45-42-39-33-30-26-22-18-14-10-6-2)73-95-99(88,89)93-69-74(81)68-92-98(86,87)94-72-75(70-90-77(82)64-60-56-52-48-28-24-20-16-12-8-4)96-79(84)66-62-58-54-50-46-43-40-34-31-27-23-19-15-11-7-3/h74-76,81H,5-73H2,1-4H3,(H,86,87)(H,88,89)/t74-,75+,76+/m0/s1. The molecule has 588 valence electrons. The van der Waals surface area contributed by atoms with Crippen molar-refractivity contribution in [2.75, 3.05) is 39.6 Å². The SMILES string of the molecule is CCCCCCCCCCCCCCCCCCCCCC(=O)O[C@H](COC(=O)CCCCCCCCCCCCCCCCC)COP(=O)(O)OC[C@@H](O)COP(=O)(O)OC[C@@H](COC(=O)CCCCCCCCCCCC)OC(=O)CCCCCCCCCCCCCCCCC. The van der Waals surface area contributed by atoms with E-state index in [2.05, 4.69) is 27.7 Å². The maximum absolute atomic E-state index is 13.1. The molecule has 99 heavy (non-hydrogen) atoms. The zero-order valence-electron chi connectivity index (χ0n) is 64.5. The Labute approximate surface area is 607 Å². The predicted octanol–water partition coefficient (Wildman–Crippen LogP) is 24.2. The number of ether oxygens (including phenoxy) is 4. The zero-order valence-corrected chi connectivity index (χ0v) is 66.3. The van der Waals surface area contributed by atoms with Crippen molar-refractivity contribution in [3.05, 3.63) is 0 Å². The Kier molecular flexibility index (Phi) is 72.9. The number of unbranched alkanes of at least 4 members (excludes halogenated alkanes) is 55. The first-order valence-corrected chi connectivity index (χ1v) is 44.8. The van der Waals surface area contributed by atoms with Gasteiger partial charge in [-0.25, -0.2) is 9.13 Å². The lowest BCUT2D eigenvalue weighted by Gasteiger charge is -2.21. The Morgan fingerprint density at radius 2 is 0.404 bits per heavy atom. The van der Waals surface area contributed by atoms with E-state index in [1.165, 1.54) is 263 Å². The van der Waals surface area contributed by atoms with E-state index < -0.39 is 97.5 Å². The van der Waals surface area contributed by atoms with E-state index in [-0.39, 0.29) is 25.7 Å². The summed E-state index contributed by atoms with van der Waals surface area (Å²) in [4.78, 5) is 73.0. The predicted molar refractivity (Wildman–Crippen MR) is 405 cm³/mol. The van der Waals surface area contributed by atoms with Gasteiger partial charge in [0.15, 0.2) is 12.2 Å². The van der Waals surface area contributed by atoms with Crippen LogP contribution in [0.15, 0.2) is 0 Å². The minimum atomic E-state index is -4.96. The van der Waals surface area contributed by atoms with Crippen molar-refractivity contribution >= 4 is 39.5 Å². The Balaban J connectivity index is 5.23. The number of aliphatic hydroxyl groups excluding tert-OH is 1. The molecule has 5 atom stereocenters. The van der Waals surface area contributed by atoms with Crippen LogP contribution in [0.3, 0.4) is 0 Å². The van der Waals surface area contributed by atoms with Crippen LogP contribution in [-0.2, 0) is 65.4 Å². The molecule has 2 unspecified atom stereocenters. The molecule has 0 heterocycles. The number of aliphatic hydroxyl groups is 1. The van der Waals surface area contributed by atoms with E-state index in [0.717, 1.165) is 89.9 Å². The summed E-state index contributed by atoms with van der Waals surface area (Å²) in [7, 11) is -9.91. The van der Waals surface area contributed by atoms with Gasteiger partial charge < -0.3 is 33.8 Å². The van der Waals surface area contributed by atoms with Gasteiger partial charge in [-0.05, 0) is 25.7 Å². The molecule has 0 aliphatic carbocycles. The topological polar surface area (TPSA) is 237 Å². The van der Waals surface area contributed by atoms with Crippen molar-refractivity contribution in [3.63, 3.8) is 0 Å². The largest absolute Gasteiger partial charge is 0.472 e. The molecule has 0 bridgehead atoms. The molecule has 19 heteroatoms. The van der Waals surface area contributed by atoms with Gasteiger partial charge in [0.2, 0.25) is 0 Å². The van der Waals surface area contributed by atoms with Crippen molar-refractivity contribution in [1.82, 2.24) is 0 Å². The van der Waals surface area contributed by atoms with Gasteiger partial charge in [0.1, 0.15) is 19.3 Å². The molecule has 0 aromatic carbocycles. The van der Waals surface area contributed by atoms with Crippen molar-refractivity contribution < 1.29 is 80.2 Å². The Hall–Kier alpha value is -1.94. The molecule has 0 aliphatic heterocycles. The van der Waals surface area contributed by atoms with Gasteiger partial charge in [0.25, 0.3) is 0 Å². The van der Waals surface area contributed by atoms with E-state index >= 15 is 0 Å². The lowest BCUT2D eigenvalue weighted by molar-refractivity contribution is -0.161. The van der Waals surface area contributed by atoms with Crippen LogP contribution in [-0.4, -0.2) is 96.7 Å². The number of rotatable bonds is 81. The molecule has 0 aromatic heterocycles. The molecule has 0 aromatic rings. The number of hydrogen-bond acceptors (Lipinski definition) is 15. The molecular weight excluding hydrogens is 1290 g/mol. The summed E-state index contributed by atoms with van der Waals surface area (Å²) in [6.07, 6.45) is 66.5. The second kappa shape index (κ2) is 74.3. The fourth-order valence-electron chi connectivity index (χ4n) is 12.5. The highest BCUT2D eigenvalue weighted by Crippen LogP contribution is 2.45. The van der Waals surface area contributed by atoms with Gasteiger partial charge in [-0.3, -0.25) is 37.3 Å². The highest BCUT2D eigenvalue weighted by molar-refractivity contribution is 7.47. The summed E-state index contributed by atoms with van der Waals surface area (Å²) in [5.74, 6) is -2.10. The van der Waals surface area contributed by atoms with Crippen LogP contribution in [0.25, 0.3) is 0 Å². The Bertz CT molecular complexity index is 1880. The maximum atomic E-state index is 13.1. The lowest BCUT2D eigenvalue weighted by atomic mass is 10.0. The summed E-state index contributed by atoms with van der Waals surface area (Å²) < 4.78 is 68.7. The van der Waals surface area contributed by atoms with Crippen molar-refractivity contribution in [1.29, 1.82) is 0 Å². The summed E-state index contributed by atoms with van der Waals surface area (Å²) >= 11 is 0. The first kappa shape index (κ1) is 97.1. The molecule has 0 radical (unpaired) electrons. The molecule has 0 aliphatic rings. The molecular formula is C80H156O17P2. The van der Waals surface area contributed by atoms with Crippen molar-refractivity contribution in [2.45, 2.75) is 451 Å². The number of carbonyl (C=O) groups is 4. The summed E-state index contributed by atoms with van der Waals surface area (Å²) in [6, 6.07) is 0. The second-order valence-electron chi connectivity index (χ2n) is 28.8. The average Bonchev–Trinajstić information content (AvgIpc) is 1.08. The first-order valence-electron chi connectivity index (χ1n) is 41.8. The van der Waals surface area contributed by atoms with Crippen LogP contribution in [0.1, 0.15) is 432 Å². The van der Waals surface area contributed by atoms with Gasteiger partial charge in [0.05, 0.1) is 26.4 Å². The van der Waals surface area contributed by atoms with Crippen LogP contribution in [0, 0.1) is 0 Å². The number of phosphoric ester groups is 2. The van der Waals surface area contributed by atoms with Crippen LogP contribution >= 0.6 is 15.6 Å². The van der Waals surface area contributed by atoms with E-state index in [1.54, 1.807) is 0 Å². The maximum Gasteiger partial charge on any atom is 0.472 e. The fraction of sp³-hybridized carbons (Fsp3) is 0.950. The van der Waals surface area contributed by atoms with E-state index in [1.807, 2.05) is 0 Å². The van der Waals surface area contributed by atoms with Crippen LogP contribution in [0.4, 0.5) is 0 Å². The van der Waals surface area contributed by atoms with Crippen molar-refractivity contribution in [2.24, 2.45) is 0 Å². The van der Waals surface area contributed by atoms with Crippen LogP contribution in [0.2, 0.25) is 0 Å². The van der Waals surface area contributed by atoms with Gasteiger partial charge in [-0.2, -0.15) is 0 Å². The first-order chi connectivity index (χ1) is 48.2. The number of carbonyl (C=O) groups excluding carboxylic acids is 4. The number of esters is 4. The lowest BCUT2D eigenvalue weighted by Crippen LogP contribution is -2.30. The number of hydrogen-bond donors (Lipinski definition) is 3. The smallest absolute Gasteiger partial charge is 0.462 e. The normalized spacial score (nSPS) is 13.8. The quantitative estimate of drug-likeness (QED) is 0.0222. The molecule has 0 fully saturated rings. The third kappa shape index (κ3) is 74.1. The van der Waals surface area contributed by atoms with Gasteiger partial charge in [0, 0.05) is 25.7 Å². The molecule has 0 saturated heterocycles. The van der Waals surface area contributed by atoms with Gasteiger partial charge in [-0.1, -0.05) is 381 Å². The molecule has 3 N–H and O–H groups in total. The Morgan fingerprint density at radius 1 is 0.242 bits per heavy atom.